The zero-order valence-electron chi connectivity index (χ0n) is 14.6. The first-order valence-electron chi connectivity index (χ1n) is 8.71. The standard InChI is InChI=1S/C22H19N3OS/c23-18(13-19(24)26)21-14-7-1-3-9-16(14)22(17-10-4-2-8-15(17)21)27-20-11-5-6-12-25-20/h1-12,18H,13,23H2,(H2,24,26). The maximum Gasteiger partial charge on any atom is 0.219 e. The van der Waals surface area contributed by atoms with Gasteiger partial charge in [-0.15, -0.1) is 0 Å². The Kier molecular flexibility index (Phi) is 4.79. The Bertz CT molecular complexity index is 1070. The van der Waals surface area contributed by atoms with Gasteiger partial charge in [0.1, 0.15) is 5.03 Å². The molecule has 0 aliphatic rings. The molecule has 4 rings (SSSR count). The maximum absolute atomic E-state index is 11.5. The second kappa shape index (κ2) is 7.39. The molecule has 0 bridgehead atoms. The number of pyridine rings is 1. The molecule has 0 aliphatic carbocycles. The first-order valence-corrected chi connectivity index (χ1v) is 9.53. The molecule has 1 amide bonds. The van der Waals surface area contributed by atoms with Crippen LogP contribution in [0.4, 0.5) is 0 Å². The van der Waals surface area contributed by atoms with Gasteiger partial charge >= 0.3 is 0 Å². The summed E-state index contributed by atoms with van der Waals surface area (Å²) < 4.78 is 0. The molecular weight excluding hydrogens is 354 g/mol. The average molecular weight is 373 g/mol. The summed E-state index contributed by atoms with van der Waals surface area (Å²) in [6, 6.07) is 21.8. The van der Waals surface area contributed by atoms with Crippen molar-refractivity contribution in [3.05, 3.63) is 78.5 Å². The van der Waals surface area contributed by atoms with Gasteiger partial charge < -0.3 is 11.5 Å². The molecule has 3 aromatic carbocycles. The molecule has 1 atom stereocenters. The van der Waals surface area contributed by atoms with Crippen LogP contribution < -0.4 is 11.5 Å². The lowest BCUT2D eigenvalue weighted by atomic mass is 9.91. The number of rotatable bonds is 5. The third kappa shape index (κ3) is 3.39. The van der Waals surface area contributed by atoms with Gasteiger partial charge in [0.2, 0.25) is 5.91 Å². The van der Waals surface area contributed by atoms with E-state index in [0.717, 1.165) is 37.0 Å². The molecule has 1 heterocycles. The van der Waals surface area contributed by atoms with E-state index in [1.807, 2.05) is 42.5 Å². The Morgan fingerprint density at radius 2 is 1.44 bits per heavy atom. The molecule has 1 aromatic heterocycles. The Morgan fingerprint density at radius 3 is 1.96 bits per heavy atom. The Hall–Kier alpha value is -2.89. The molecule has 4 aromatic rings. The van der Waals surface area contributed by atoms with E-state index in [1.54, 1.807) is 18.0 Å². The highest BCUT2D eigenvalue weighted by atomic mass is 32.2. The highest BCUT2D eigenvalue weighted by molar-refractivity contribution is 7.99. The van der Waals surface area contributed by atoms with Crippen molar-refractivity contribution in [2.75, 3.05) is 0 Å². The lowest BCUT2D eigenvalue weighted by Gasteiger charge is -2.20. The van der Waals surface area contributed by atoms with E-state index < -0.39 is 11.9 Å². The summed E-state index contributed by atoms with van der Waals surface area (Å²) in [5, 5.41) is 5.22. The molecule has 4 N–H and O–H groups in total. The topological polar surface area (TPSA) is 82.0 Å². The van der Waals surface area contributed by atoms with Crippen LogP contribution in [0.2, 0.25) is 0 Å². The molecule has 27 heavy (non-hydrogen) atoms. The van der Waals surface area contributed by atoms with Crippen molar-refractivity contribution in [1.82, 2.24) is 4.98 Å². The van der Waals surface area contributed by atoms with Gasteiger partial charge in [-0.1, -0.05) is 66.4 Å². The predicted molar refractivity (Wildman–Crippen MR) is 111 cm³/mol. The minimum absolute atomic E-state index is 0.112. The largest absolute Gasteiger partial charge is 0.370 e. The summed E-state index contributed by atoms with van der Waals surface area (Å²) >= 11 is 1.64. The molecule has 0 saturated carbocycles. The van der Waals surface area contributed by atoms with Gasteiger partial charge in [0, 0.05) is 23.6 Å². The molecule has 4 nitrogen and oxygen atoms in total. The van der Waals surface area contributed by atoms with Crippen LogP contribution >= 0.6 is 11.8 Å². The van der Waals surface area contributed by atoms with E-state index in [9.17, 15) is 4.79 Å². The molecule has 0 spiro atoms. The van der Waals surface area contributed by atoms with Crippen molar-refractivity contribution in [1.29, 1.82) is 0 Å². The highest BCUT2D eigenvalue weighted by Gasteiger charge is 2.20. The highest BCUT2D eigenvalue weighted by Crippen LogP contribution is 2.42. The zero-order chi connectivity index (χ0) is 18.8. The van der Waals surface area contributed by atoms with Crippen LogP contribution in [0.1, 0.15) is 18.0 Å². The smallest absolute Gasteiger partial charge is 0.219 e. The SMILES string of the molecule is NC(=O)CC(N)c1c2ccccc2c(Sc2ccccn2)c2ccccc12. The lowest BCUT2D eigenvalue weighted by molar-refractivity contribution is -0.118. The molecule has 134 valence electrons. The van der Waals surface area contributed by atoms with E-state index in [1.165, 1.54) is 0 Å². The number of amides is 1. The number of hydrogen-bond acceptors (Lipinski definition) is 4. The maximum atomic E-state index is 11.5. The quantitative estimate of drug-likeness (QED) is 0.508. The van der Waals surface area contributed by atoms with Crippen LogP contribution in [0.3, 0.4) is 0 Å². The first-order chi connectivity index (χ1) is 13.1. The van der Waals surface area contributed by atoms with Gasteiger partial charge in [0.25, 0.3) is 0 Å². The summed E-state index contributed by atoms with van der Waals surface area (Å²) in [4.78, 5) is 17.1. The van der Waals surface area contributed by atoms with E-state index >= 15 is 0 Å². The number of carbonyl (C=O) groups is 1. The number of benzene rings is 3. The summed E-state index contributed by atoms with van der Waals surface area (Å²) in [7, 11) is 0. The summed E-state index contributed by atoms with van der Waals surface area (Å²) in [6.45, 7) is 0. The van der Waals surface area contributed by atoms with Crippen molar-refractivity contribution < 1.29 is 4.79 Å². The first kappa shape index (κ1) is 17.5. The number of nitrogens with zero attached hydrogens (tertiary/aromatic N) is 1. The number of primary amides is 1. The Balaban J connectivity index is 2.02. The number of hydrogen-bond donors (Lipinski definition) is 2. The van der Waals surface area contributed by atoms with Crippen LogP contribution in [0, 0.1) is 0 Å². The number of nitrogens with two attached hydrogens (primary N) is 2. The van der Waals surface area contributed by atoms with Crippen LogP contribution in [0.5, 0.6) is 0 Å². The number of fused-ring (bicyclic) bond motifs is 2. The summed E-state index contributed by atoms with van der Waals surface area (Å²) in [5.74, 6) is -0.400. The molecule has 0 radical (unpaired) electrons. The van der Waals surface area contributed by atoms with Crippen LogP contribution in [0.25, 0.3) is 21.5 Å². The van der Waals surface area contributed by atoms with Crippen molar-refractivity contribution >= 4 is 39.2 Å². The molecule has 0 aliphatic heterocycles. The van der Waals surface area contributed by atoms with Gasteiger partial charge in [0.05, 0.1) is 0 Å². The molecule has 5 heteroatoms. The van der Waals surface area contributed by atoms with Gasteiger partial charge in [-0.05, 0) is 39.2 Å². The Labute approximate surface area is 161 Å². The molecule has 0 fully saturated rings. The third-order valence-corrected chi connectivity index (χ3v) is 5.65. The fraction of sp³-hybridized carbons (Fsp3) is 0.0909. The molecule has 1 unspecified atom stereocenters. The minimum Gasteiger partial charge on any atom is -0.370 e. The van der Waals surface area contributed by atoms with Crippen LogP contribution in [-0.4, -0.2) is 10.9 Å². The van der Waals surface area contributed by atoms with E-state index in [-0.39, 0.29) is 6.42 Å². The van der Waals surface area contributed by atoms with Crippen LogP contribution in [-0.2, 0) is 4.79 Å². The predicted octanol–water partition coefficient (Wildman–Crippen LogP) is 4.41. The van der Waals surface area contributed by atoms with Crippen LogP contribution in [0.15, 0.2) is 82.8 Å². The van der Waals surface area contributed by atoms with E-state index in [2.05, 4.69) is 29.2 Å². The normalized spacial score (nSPS) is 12.3. The minimum atomic E-state index is -0.453. The van der Waals surface area contributed by atoms with Gasteiger partial charge in [-0.3, -0.25) is 4.79 Å². The monoisotopic (exact) mass is 373 g/mol. The molecule has 0 saturated heterocycles. The van der Waals surface area contributed by atoms with Crippen molar-refractivity contribution in [3.8, 4) is 0 Å². The molecular formula is C22H19N3OS. The lowest BCUT2D eigenvalue weighted by Crippen LogP contribution is -2.21. The van der Waals surface area contributed by atoms with Gasteiger partial charge in [-0.2, -0.15) is 0 Å². The fourth-order valence-corrected chi connectivity index (χ4v) is 4.51. The number of carbonyl (C=O) groups excluding carboxylic acids is 1. The Morgan fingerprint density at radius 1 is 0.889 bits per heavy atom. The number of aromatic nitrogens is 1. The van der Waals surface area contributed by atoms with E-state index in [4.69, 9.17) is 11.5 Å². The summed E-state index contributed by atoms with van der Waals surface area (Å²) in [5.41, 5.74) is 12.8. The van der Waals surface area contributed by atoms with Crippen molar-refractivity contribution in [2.45, 2.75) is 22.4 Å². The second-order valence-corrected chi connectivity index (χ2v) is 7.41. The fourth-order valence-electron chi connectivity index (χ4n) is 3.46. The average Bonchev–Trinajstić information content (AvgIpc) is 2.68. The third-order valence-electron chi connectivity index (χ3n) is 4.56. The second-order valence-electron chi connectivity index (χ2n) is 6.38. The summed E-state index contributed by atoms with van der Waals surface area (Å²) in [6.07, 6.45) is 1.91. The van der Waals surface area contributed by atoms with Gasteiger partial charge in [-0.25, -0.2) is 4.98 Å². The van der Waals surface area contributed by atoms with Gasteiger partial charge in [0.15, 0.2) is 0 Å². The van der Waals surface area contributed by atoms with Crippen molar-refractivity contribution in [2.24, 2.45) is 11.5 Å². The van der Waals surface area contributed by atoms with E-state index in [0.29, 0.717) is 0 Å². The van der Waals surface area contributed by atoms with Crippen molar-refractivity contribution in [3.63, 3.8) is 0 Å². The zero-order valence-corrected chi connectivity index (χ0v) is 15.4.